The summed E-state index contributed by atoms with van der Waals surface area (Å²) in [5.74, 6) is 0.813. The lowest BCUT2D eigenvalue weighted by molar-refractivity contribution is -0.0422. The van der Waals surface area contributed by atoms with Crippen LogP contribution in [0, 0.1) is 0 Å². The summed E-state index contributed by atoms with van der Waals surface area (Å²) in [5, 5.41) is 9.30. The zero-order valence-electron chi connectivity index (χ0n) is 10.5. The van der Waals surface area contributed by atoms with Gasteiger partial charge in [-0.3, -0.25) is 0 Å². The highest BCUT2D eigenvalue weighted by atomic mass is 79.9. The van der Waals surface area contributed by atoms with E-state index < -0.39 is 0 Å². The molecule has 0 bridgehead atoms. The van der Waals surface area contributed by atoms with Gasteiger partial charge in [-0.1, -0.05) is 0 Å². The molecule has 2 aromatic rings. The van der Waals surface area contributed by atoms with E-state index in [0.717, 1.165) is 22.6 Å². The van der Waals surface area contributed by atoms with Crippen molar-refractivity contribution in [2.24, 2.45) is 0 Å². The lowest BCUT2D eigenvalue weighted by Gasteiger charge is -2.36. The fourth-order valence-corrected chi connectivity index (χ4v) is 2.80. The Balaban J connectivity index is 2.00. The molecular weight excluding hydrogens is 312 g/mol. The number of ether oxygens (including phenoxy) is 1. The van der Waals surface area contributed by atoms with Crippen LogP contribution in [0.5, 0.6) is 0 Å². The van der Waals surface area contributed by atoms with Crippen LogP contribution in [-0.4, -0.2) is 51.4 Å². The first-order chi connectivity index (χ1) is 9.17. The van der Waals surface area contributed by atoms with Gasteiger partial charge in [0.25, 0.3) is 0 Å². The van der Waals surface area contributed by atoms with Gasteiger partial charge in [-0.05, 0) is 22.9 Å². The highest BCUT2D eigenvalue weighted by Gasteiger charge is 2.27. The molecule has 6 nitrogen and oxygen atoms in total. The molecule has 0 spiro atoms. The van der Waals surface area contributed by atoms with Crippen molar-refractivity contribution in [3.63, 3.8) is 0 Å². The standard InChI is InChI=1S/C12H15BrN4O2/c1-8-4-17(5-9(7-18)19-8)12-11-14-2-3-16(11)6-10(13)15-12/h2-3,6,8-9,18H,4-5,7H2,1H3. The lowest BCUT2D eigenvalue weighted by atomic mass is 10.2. The van der Waals surface area contributed by atoms with Crippen LogP contribution in [0.2, 0.25) is 0 Å². The van der Waals surface area contributed by atoms with Crippen molar-refractivity contribution < 1.29 is 9.84 Å². The van der Waals surface area contributed by atoms with Gasteiger partial charge in [0.15, 0.2) is 11.5 Å². The number of aliphatic hydroxyl groups is 1. The monoisotopic (exact) mass is 326 g/mol. The summed E-state index contributed by atoms with van der Waals surface area (Å²) in [6.45, 7) is 3.37. The van der Waals surface area contributed by atoms with Crippen LogP contribution >= 0.6 is 15.9 Å². The van der Waals surface area contributed by atoms with E-state index in [1.54, 1.807) is 6.20 Å². The molecule has 3 heterocycles. The molecule has 3 rings (SSSR count). The van der Waals surface area contributed by atoms with E-state index in [4.69, 9.17) is 4.74 Å². The van der Waals surface area contributed by atoms with Crippen molar-refractivity contribution in [3.05, 3.63) is 23.2 Å². The Labute approximate surface area is 119 Å². The van der Waals surface area contributed by atoms with Crippen LogP contribution in [0.15, 0.2) is 23.2 Å². The molecule has 2 atom stereocenters. The smallest absolute Gasteiger partial charge is 0.180 e. The zero-order chi connectivity index (χ0) is 13.4. The molecule has 0 radical (unpaired) electrons. The molecule has 1 fully saturated rings. The second kappa shape index (κ2) is 5.07. The Bertz CT molecular complexity index is 588. The number of morpholine rings is 1. The number of fused-ring (bicyclic) bond motifs is 1. The summed E-state index contributed by atoms with van der Waals surface area (Å²) in [4.78, 5) is 11.0. The predicted octanol–water partition coefficient (Wildman–Crippen LogP) is 1.08. The molecule has 0 aliphatic carbocycles. The van der Waals surface area contributed by atoms with Crippen molar-refractivity contribution in [3.8, 4) is 0 Å². The van der Waals surface area contributed by atoms with Crippen molar-refractivity contribution >= 4 is 27.4 Å². The molecule has 1 N–H and O–H groups in total. The lowest BCUT2D eigenvalue weighted by Crippen LogP contribution is -2.48. The van der Waals surface area contributed by atoms with Crippen molar-refractivity contribution in [1.82, 2.24) is 14.4 Å². The number of nitrogens with zero attached hydrogens (tertiary/aromatic N) is 4. The van der Waals surface area contributed by atoms with Crippen LogP contribution < -0.4 is 4.90 Å². The predicted molar refractivity (Wildman–Crippen MR) is 74.3 cm³/mol. The molecule has 7 heteroatoms. The third-order valence-electron chi connectivity index (χ3n) is 3.16. The van der Waals surface area contributed by atoms with Crippen molar-refractivity contribution in [2.75, 3.05) is 24.6 Å². The Morgan fingerprint density at radius 3 is 3.16 bits per heavy atom. The number of hydrogen-bond acceptors (Lipinski definition) is 5. The molecule has 0 aromatic carbocycles. The molecule has 1 aliphatic heterocycles. The topological polar surface area (TPSA) is 62.9 Å². The van der Waals surface area contributed by atoms with Crippen LogP contribution in [0.4, 0.5) is 5.82 Å². The number of halogens is 1. The molecule has 2 unspecified atom stereocenters. The molecule has 102 valence electrons. The molecule has 0 amide bonds. The Morgan fingerprint density at radius 2 is 2.37 bits per heavy atom. The minimum atomic E-state index is -0.181. The summed E-state index contributed by atoms with van der Waals surface area (Å²) < 4.78 is 8.34. The van der Waals surface area contributed by atoms with E-state index in [-0.39, 0.29) is 18.8 Å². The Morgan fingerprint density at radius 1 is 1.53 bits per heavy atom. The molecule has 0 saturated carbocycles. The van der Waals surface area contributed by atoms with E-state index >= 15 is 0 Å². The Kier molecular flexibility index (Phi) is 3.42. The average molecular weight is 327 g/mol. The summed E-state index contributed by atoms with van der Waals surface area (Å²) in [6, 6.07) is 0. The first-order valence-electron chi connectivity index (χ1n) is 6.18. The van der Waals surface area contributed by atoms with Crippen LogP contribution in [0.3, 0.4) is 0 Å². The summed E-state index contributed by atoms with van der Waals surface area (Å²) in [6.07, 6.45) is 5.39. The van der Waals surface area contributed by atoms with Gasteiger partial charge in [0.2, 0.25) is 0 Å². The van der Waals surface area contributed by atoms with Gasteiger partial charge >= 0.3 is 0 Å². The van der Waals surface area contributed by atoms with Crippen LogP contribution in [0.1, 0.15) is 6.92 Å². The van der Waals surface area contributed by atoms with E-state index in [1.165, 1.54) is 0 Å². The van der Waals surface area contributed by atoms with Crippen molar-refractivity contribution in [1.29, 1.82) is 0 Å². The third-order valence-corrected chi connectivity index (χ3v) is 3.54. The molecule has 19 heavy (non-hydrogen) atoms. The van der Waals surface area contributed by atoms with Gasteiger partial charge in [-0.25, -0.2) is 9.97 Å². The van der Waals surface area contributed by atoms with Gasteiger partial charge in [-0.15, -0.1) is 0 Å². The van der Waals surface area contributed by atoms with Gasteiger partial charge < -0.3 is 19.1 Å². The van der Waals surface area contributed by atoms with Crippen LogP contribution in [0.25, 0.3) is 5.65 Å². The molecule has 1 saturated heterocycles. The van der Waals surface area contributed by atoms with E-state index in [1.807, 2.05) is 23.7 Å². The minimum absolute atomic E-state index is 0.0135. The fourth-order valence-electron chi connectivity index (χ4n) is 2.42. The largest absolute Gasteiger partial charge is 0.394 e. The number of anilines is 1. The Hall–Kier alpha value is -1.18. The van der Waals surface area contributed by atoms with E-state index in [2.05, 4.69) is 30.8 Å². The first kappa shape index (κ1) is 12.8. The summed E-state index contributed by atoms with van der Waals surface area (Å²) >= 11 is 3.41. The van der Waals surface area contributed by atoms with Gasteiger partial charge in [0, 0.05) is 31.7 Å². The first-order valence-corrected chi connectivity index (χ1v) is 6.97. The highest BCUT2D eigenvalue weighted by Crippen LogP contribution is 2.24. The maximum atomic E-state index is 9.30. The van der Waals surface area contributed by atoms with Crippen molar-refractivity contribution in [2.45, 2.75) is 19.1 Å². The van der Waals surface area contributed by atoms with Gasteiger partial charge in [0.1, 0.15) is 4.60 Å². The van der Waals surface area contributed by atoms with E-state index in [9.17, 15) is 5.11 Å². The zero-order valence-corrected chi connectivity index (χ0v) is 12.1. The summed E-state index contributed by atoms with van der Waals surface area (Å²) in [5.41, 5.74) is 0.814. The second-order valence-corrected chi connectivity index (χ2v) is 5.51. The normalized spacial score (nSPS) is 24.1. The summed E-state index contributed by atoms with van der Waals surface area (Å²) in [7, 11) is 0. The third kappa shape index (κ3) is 2.45. The maximum Gasteiger partial charge on any atom is 0.180 e. The fraction of sp³-hybridized carbons (Fsp3) is 0.500. The van der Waals surface area contributed by atoms with E-state index in [0.29, 0.717) is 6.54 Å². The number of aromatic nitrogens is 3. The van der Waals surface area contributed by atoms with Gasteiger partial charge in [-0.2, -0.15) is 0 Å². The van der Waals surface area contributed by atoms with Gasteiger partial charge in [0.05, 0.1) is 18.8 Å². The number of rotatable bonds is 2. The van der Waals surface area contributed by atoms with Crippen LogP contribution in [-0.2, 0) is 4.74 Å². The highest BCUT2D eigenvalue weighted by molar-refractivity contribution is 9.10. The SMILES string of the molecule is CC1CN(c2nc(Br)cn3ccnc23)CC(CO)O1. The maximum absolute atomic E-state index is 9.30. The quantitative estimate of drug-likeness (QED) is 0.894. The minimum Gasteiger partial charge on any atom is -0.394 e. The second-order valence-electron chi connectivity index (χ2n) is 4.70. The average Bonchev–Trinajstić information content (AvgIpc) is 2.84. The number of hydrogen-bond donors (Lipinski definition) is 1. The molecular formula is C12H15BrN4O2. The number of imidazole rings is 1. The number of aliphatic hydroxyl groups excluding tert-OH is 1. The molecule has 2 aromatic heterocycles. The molecule has 1 aliphatic rings.